The fourth-order valence-electron chi connectivity index (χ4n) is 2.31. The smallest absolute Gasteiger partial charge is 0.435 e. The molecular formula is C16H9ClF4N4O3. The molecule has 3 aromatic rings. The van der Waals surface area contributed by atoms with E-state index < -0.39 is 46.6 Å². The molecule has 0 fully saturated rings. The lowest BCUT2D eigenvalue weighted by atomic mass is 10.2. The van der Waals surface area contributed by atoms with Gasteiger partial charge in [-0.1, -0.05) is 17.7 Å². The number of amides is 1. The van der Waals surface area contributed by atoms with Gasteiger partial charge in [-0.3, -0.25) is 4.79 Å². The highest BCUT2D eigenvalue weighted by Gasteiger charge is 2.35. The van der Waals surface area contributed by atoms with E-state index in [1.807, 2.05) is 0 Å². The van der Waals surface area contributed by atoms with E-state index in [4.69, 9.17) is 16.7 Å². The SMILES string of the molecule is O=C(O)c1cc(C(=O)NCc2ccc(F)c(Cl)c2)n2nc(C(F)(F)F)cc2n1. The summed E-state index contributed by atoms with van der Waals surface area (Å²) in [6.45, 7) is -0.140. The molecule has 0 saturated heterocycles. The summed E-state index contributed by atoms with van der Waals surface area (Å²) in [6.07, 6.45) is -4.81. The molecule has 0 saturated carbocycles. The summed E-state index contributed by atoms with van der Waals surface area (Å²) in [7, 11) is 0. The number of rotatable bonds is 4. The summed E-state index contributed by atoms with van der Waals surface area (Å²) in [4.78, 5) is 27.2. The third-order valence-corrected chi connectivity index (χ3v) is 3.90. The van der Waals surface area contributed by atoms with Gasteiger partial charge in [0.15, 0.2) is 17.0 Å². The molecule has 0 atom stereocenters. The molecule has 2 heterocycles. The molecular weight excluding hydrogens is 408 g/mol. The molecule has 7 nitrogen and oxygen atoms in total. The Bertz CT molecular complexity index is 1100. The first kappa shape index (κ1) is 19.5. The normalized spacial score (nSPS) is 11.6. The van der Waals surface area contributed by atoms with Gasteiger partial charge in [0.05, 0.1) is 5.02 Å². The number of aromatic nitrogens is 3. The van der Waals surface area contributed by atoms with Crippen LogP contribution < -0.4 is 5.32 Å². The second-order valence-corrected chi connectivity index (χ2v) is 5.97. The predicted octanol–water partition coefficient (Wildman–Crippen LogP) is 3.17. The Hall–Kier alpha value is -3.21. The highest BCUT2D eigenvalue weighted by atomic mass is 35.5. The van der Waals surface area contributed by atoms with Crippen molar-refractivity contribution in [1.29, 1.82) is 0 Å². The Morgan fingerprint density at radius 2 is 1.93 bits per heavy atom. The summed E-state index contributed by atoms with van der Waals surface area (Å²) < 4.78 is 52.5. The molecule has 0 aliphatic carbocycles. The van der Waals surface area contributed by atoms with Crippen molar-refractivity contribution in [3.8, 4) is 0 Å². The number of benzene rings is 1. The van der Waals surface area contributed by atoms with E-state index in [-0.39, 0.29) is 11.6 Å². The van der Waals surface area contributed by atoms with E-state index in [1.165, 1.54) is 12.1 Å². The number of aromatic carboxylic acids is 1. The van der Waals surface area contributed by atoms with E-state index in [0.29, 0.717) is 16.1 Å². The number of nitrogens with one attached hydrogen (secondary N) is 1. The van der Waals surface area contributed by atoms with Crippen molar-refractivity contribution in [2.24, 2.45) is 0 Å². The number of carboxylic acid groups (broad SMARTS) is 1. The van der Waals surface area contributed by atoms with Crippen LogP contribution in [0.1, 0.15) is 32.2 Å². The number of nitrogens with zero attached hydrogens (tertiary/aromatic N) is 3. The quantitative estimate of drug-likeness (QED) is 0.637. The molecule has 1 amide bonds. The molecule has 146 valence electrons. The number of hydrogen-bond donors (Lipinski definition) is 2. The largest absolute Gasteiger partial charge is 0.477 e. The van der Waals surface area contributed by atoms with Crippen molar-refractivity contribution in [1.82, 2.24) is 19.9 Å². The van der Waals surface area contributed by atoms with Crippen molar-refractivity contribution in [2.45, 2.75) is 12.7 Å². The third kappa shape index (κ3) is 3.88. The molecule has 28 heavy (non-hydrogen) atoms. The molecule has 0 spiro atoms. The Labute approximate surface area is 158 Å². The number of carboxylic acids is 1. The molecule has 0 radical (unpaired) electrons. The Kier molecular flexibility index (Phi) is 4.94. The van der Waals surface area contributed by atoms with E-state index in [2.05, 4.69) is 15.4 Å². The Morgan fingerprint density at radius 3 is 2.54 bits per heavy atom. The van der Waals surface area contributed by atoms with Gasteiger partial charge in [-0.2, -0.15) is 18.3 Å². The Morgan fingerprint density at radius 1 is 1.21 bits per heavy atom. The molecule has 0 aliphatic rings. The van der Waals surface area contributed by atoms with Crippen molar-refractivity contribution >= 4 is 29.1 Å². The van der Waals surface area contributed by atoms with Crippen molar-refractivity contribution < 1.29 is 32.3 Å². The van der Waals surface area contributed by atoms with Crippen LogP contribution in [0.3, 0.4) is 0 Å². The third-order valence-electron chi connectivity index (χ3n) is 3.61. The van der Waals surface area contributed by atoms with Gasteiger partial charge in [-0.25, -0.2) is 18.7 Å². The second kappa shape index (κ2) is 7.08. The summed E-state index contributed by atoms with van der Waals surface area (Å²) in [5.41, 5.74) is -2.47. The standard InChI is InChI=1S/C16H9ClF4N4O3/c17-8-3-7(1-2-9(8)18)6-22-14(26)11-4-10(15(27)28)23-13-5-12(16(19,20)21)24-25(11)13/h1-5H,6H2,(H,22,26)(H,27,28). The van der Waals surface area contributed by atoms with E-state index in [9.17, 15) is 27.2 Å². The van der Waals surface area contributed by atoms with Crippen LogP contribution in [0.5, 0.6) is 0 Å². The number of fused-ring (bicyclic) bond motifs is 1. The van der Waals surface area contributed by atoms with Crippen molar-refractivity contribution in [3.05, 3.63) is 63.8 Å². The Balaban J connectivity index is 1.97. The highest BCUT2D eigenvalue weighted by Crippen LogP contribution is 2.29. The average Bonchev–Trinajstić information content (AvgIpc) is 3.06. The zero-order valence-corrected chi connectivity index (χ0v) is 14.3. The van der Waals surface area contributed by atoms with Crippen LogP contribution in [0.15, 0.2) is 30.3 Å². The number of halogens is 5. The zero-order chi connectivity index (χ0) is 20.6. The van der Waals surface area contributed by atoms with Crippen LogP contribution in [0.2, 0.25) is 5.02 Å². The van der Waals surface area contributed by atoms with E-state index in [0.717, 1.165) is 12.1 Å². The predicted molar refractivity (Wildman–Crippen MR) is 87.5 cm³/mol. The van der Waals surface area contributed by atoms with Gasteiger partial charge in [0.2, 0.25) is 0 Å². The lowest BCUT2D eigenvalue weighted by Gasteiger charge is -2.08. The summed E-state index contributed by atoms with van der Waals surface area (Å²) in [5.74, 6) is -3.10. The van der Waals surface area contributed by atoms with E-state index in [1.54, 1.807) is 0 Å². The number of carbonyl (C=O) groups is 2. The van der Waals surface area contributed by atoms with Gasteiger partial charge in [0, 0.05) is 18.7 Å². The van der Waals surface area contributed by atoms with Crippen LogP contribution in [0.25, 0.3) is 5.65 Å². The fourth-order valence-corrected chi connectivity index (χ4v) is 2.51. The molecule has 2 N–H and O–H groups in total. The average molecular weight is 417 g/mol. The van der Waals surface area contributed by atoms with Gasteiger partial charge in [-0.05, 0) is 17.7 Å². The monoisotopic (exact) mass is 416 g/mol. The molecule has 0 bridgehead atoms. The minimum atomic E-state index is -4.81. The maximum absolute atomic E-state index is 13.2. The van der Waals surface area contributed by atoms with Gasteiger partial charge in [0.1, 0.15) is 11.5 Å². The first-order valence-electron chi connectivity index (χ1n) is 7.49. The summed E-state index contributed by atoms with van der Waals surface area (Å²) >= 11 is 5.64. The van der Waals surface area contributed by atoms with Crippen molar-refractivity contribution in [2.75, 3.05) is 0 Å². The molecule has 3 rings (SSSR count). The maximum atomic E-state index is 13.2. The van der Waals surface area contributed by atoms with Gasteiger partial charge in [-0.15, -0.1) is 0 Å². The van der Waals surface area contributed by atoms with Crippen molar-refractivity contribution in [3.63, 3.8) is 0 Å². The zero-order valence-electron chi connectivity index (χ0n) is 13.6. The minimum Gasteiger partial charge on any atom is -0.477 e. The van der Waals surface area contributed by atoms with Gasteiger partial charge in [0.25, 0.3) is 5.91 Å². The topological polar surface area (TPSA) is 96.6 Å². The second-order valence-electron chi connectivity index (χ2n) is 5.56. The highest BCUT2D eigenvalue weighted by molar-refractivity contribution is 6.30. The summed E-state index contributed by atoms with van der Waals surface area (Å²) in [6, 6.07) is 5.03. The number of carbonyl (C=O) groups excluding carboxylic acids is 1. The fraction of sp³-hybridized carbons (Fsp3) is 0.125. The van der Waals surface area contributed by atoms with Gasteiger partial charge < -0.3 is 10.4 Å². The minimum absolute atomic E-state index is 0.140. The molecule has 0 unspecified atom stereocenters. The molecule has 2 aromatic heterocycles. The van der Waals surface area contributed by atoms with Crippen LogP contribution >= 0.6 is 11.6 Å². The molecule has 0 aliphatic heterocycles. The van der Waals surface area contributed by atoms with Crippen LogP contribution in [-0.2, 0) is 12.7 Å². The number of hydrogen-bond acceptors (Lipinski definition) is 4. The van der Waals surface area contributed by atoms with E-state index >= 15 is 0 Å². The molecule has 12 heteroatoms. The first-order valence-corrected chi connectivity index (χ1v) is 7.87. The maximum Gasteiger partial charge on any atom is 0.435 e. The van der Waals surface area contributed by atoms with Crippen LogP contribution in [-0.4, -0.2) is 31.6 Å². The lowest BCUT2D eigenvalue weighted by Crippen LogP contribution is -2.26. The van der Waals surface area contributed by atoms with Crippen LogP contribution in [0, 0.1) is 5.82 Å². The number of alkyl halides is 3. The summed E-state index contributed by atoms with van der Waals surface area (Å²) in [5, 5.41) is 14.6. The lowest BCUT2D eigenvalue weighted by molar-refractivity contribution is -0.141. The van der Waals surface area contributed by atoms with Crippen LogP contribution in [0.4, 0.5) is 17.6 Å². The molecule has 1 aromatic carbocycles. The van der Waals surface area contributed by atoms with Gasteiger partial charge >= 0.3 is 12.1 Å². The first-order chi connectivity index (χ1) is 13.1.